The van der Waals surface area contributed by atoms with Crippen molar-refractivity contribution in [2.45, 2.75) is 11.4 Å². The molecule has 9 nitrogen and oxygen atoms in total. The molecule has 0 spiro atoms. The third-order valence-corrected chi connectivity index (χ3v) is 6.64. The summed E-state index contributed by atoms with van der Waals surface area (Å²) in [5.74, 6) is -0.602. The molecule has 0 aliphatic carbocycles. The number of primary amides is 1. The Morgan fingerprint density at radius 2 is 1.61 bits per heavy atom. The standard InChI is InChI=1S/C26H23N5O4S/c27-25(32)20-7-3-6-19(15-20)23-8-1-2-9-24(23)36(34,35)31-22-12-10-21(11-13-22)30-26(33)29-17-18-5-4-14-28-16-18/h1-16,31H,17H2,(H2,27,32)(H2,29,30,33). The van der Waals surface area contributed by atoms with Crippen molar-refractivity contribution in [1.82, 2.24) is 10.3 Å². The van der Waals surface area contributed by atoms with Gasteiger partial charge >= 0.3 is 6.03 Å². The number of hydrogen-bond donors (Lipinski definition) is 4. The van der Waals surface area contributed by atoms with Crippen LogP contribution < -0.4 is 21.1 Å². The molecule has 10 heteroatoms. The highest BCUT2D eigenvalue weighted by Gasteiger charge is 2.20. The van der Waals surface area contributed by atoms with Crippen molar-refractivity contribution in [1.29, 1.82) is 0 Å². The van der Waals surface area contributed by atoms with Crippen LogP contribution in [0.2, 0.25) is 0 Å². The van der Waals surface area contributed by atoms with Gasteiger partial charge in [0, 0.05) is 41.4 Å². The quantitative estimate of drug-likeness (QED) is 0.289. The number of rotatable bonds is 8. The molecule has 36 heavy (non-hydrogen) atoms. The zero-order valence-electron chi connectivity index (χ0n) is 19.0. The summed E-state index contributed by atoms with van der Waals surface area (Å²) in [5.41, 5.74) is 8.29. The van der Waals surface area contributed by atoms with Gasteiger partial charge in [0.15, 0.2) is 0 Å². The molecule has 5 N–H and O–H groups in total. The number of pyridine rings is 1. The number of benzene rings is 3. The number of carbonyl (C=O) groups excluding carboxylic acids is 2. The molecule has 0 atom stereocenters. The molecule has 4 rings (SSSR count). The van der Waals surface area contributed by atoms with Crippen LogP contribution in [0.15, 0.2) is 102 Å². The molecule has 0 saturated heterocycles. The lowest BCUT2D eigenvalue weighted by Crippen LogP contribution is -2.28. The van der Waals surface area contributed by atoms with Gasteiger partial charge in [-0.05, 0) is 59.7 Å². The summed E-state index contributed by atoms with van der Waals surface area (Å²) in [6.07, 6.45) is 3.31. The van der Waals surface area contributed by atoms with Crippen LogP contribution >= 0.6 is 0 Å². The average Bonchev–Trinajstić information content (AvgIpc) is 2.89. The van der Waals surface area contributed by atoms with Gasteiger partial charge in [0.25, 0.3) is 10.0 Å². The van der Waals surface area contributed by atoms with Gasteiger partial charge in [0.2, 0.25) is 5.91 Å². The number of sulfonamides is 1. The maximum atomic E-state index is 13.2. The molecule has 182 valence electrons. The van der Waals surface area contributed by atoms with E-state index in [0.29, 0.717) is 29.0 Å². The first-order chi connectivity index (χ1) is 17.3. The van der Waals surface area contributed by atoms with Crippen LogP contribution in [0, 0.1) is 0 Å². The predicted molar refractivity (Wildman–Crippen MR) is 138 cm³/mol. The van der Waals surface area contributed by atoms with Crippen LogP contribution in [0.5, 0.6) is 0 Å². The van der Waals surface area contributed by atoms with Crippen LogP contribution in [-0.4, -0.2) is 25.3 Å². The van der Waals surface area contributed by atoms with E-state index in [-0.39, 0.29) is 10.5 Å². The topological polar surface area (TPSA) is 143 Å². The summed E-state index contributed by atoms with van der Waals surface area (Å²) in [4.78, 5) is 27.7. The van der Waals surface area contributed by atoms with Crippen molar-refractivity contribution in [2.24, 2.45) is 5.73 Å². The highest BCUT2D eigenvalue weighted by Crippen LogP contribution is 2.29. The normalized spacial score (nSPS) is 10.9. The summed E-state index contributed by atoms with van der Waals surface area (Å²) >= 11 is 0. The summed E-state index contributed by atoms with van der Waals surface area (Å²) < 4.78 is 29.0. The van der Waals surface area contributed by atoms with Crippen LogP contribution in [0.3, 0.4) is 0 Å². The van der Waals surface area contributed by atoms with Gasteiger partial charge in [-0.25, -0.2) is 13.2 Å². The Balaban J connectivity index is 1.46. The van der Waals surface area contributed by atoms with E-state index in [4.69, 9.17) is 5.73 Å². The number of aromatic nitrogens is 1. The Labute approximate surface area is 208 Å². The molecular weight excluding hydrogens is 478 g/mol. The lowest BCUT2D eigenvalue weighted by atomic mass is 10.0. The van der Waals surface area contributed by atoms with Crippen molar-refractivity contribution in [3.63, 3.8) is 0 Å². The molecule has 3 aromatic carbocycles. The zero-order chi connectivity index (χ0) is 25.5. The lowest BCUT2D eigenvalue weighted by Gasteiger charge is -2.14. The predicted octanol–water partition coefficient (Wildman–Crippen LogP) is 3.97. The Morgan fingerprint density at radius 1 is 0.861 bits per heavy atom. The van der Waals surface area contributed by atoms with E-state index in [2.05, 4.69) is 20.3 Å². The van der Waals surface area contributed by atoms with Crippen molar-refractivity contribution in [2.75, 3.05) is 10.0 Å². The van der Waals surface area contributed by atoms with Gasteiger partial charge < -0.3 is 16.4 Å². The second-order valence-electron chi connectivity index (χ2n) is 7.79. The van der Waals surface area contributed by atoms with E-state index >= 15 is 0 Å². The largest absolute Gasteiger partial charge is 0.366 e. The molecule has 4 aromatic rings. The number of nitrogens with two attached hydrogens (primary N) is 1. The summed E-state index contributed by atoms with van der Waals surface area (Å²) in [6, 6.07) is 22.4. The number of carbonyl (C=O) groups is 2. The van der Waals surface area contributed by atoms with Crippen molar-refractivity contribution in [3.8, 4) is 11.1 Å². The molecule has 0 aliphatic heterocycles. The Hall–Kier alpha value is -4.70. The summed E-state index contributed by atoms with van der Waals surface area (Å²) in [6.45, 7) is 0.319. The SMILES string of the molecule is NC(=O)c1cccc(-c2ccccc2S(=O)(=O)Nc2ccc(NC(=O)NCc3cccnc3)cc2)c1. The van der Waals surface area contributed by atoms with E-state index in [0.717, 1.165) is 5.56 Å². The van der Waals surface area contributed by atoms with E-state index in [1.54, 1.807) is 85.2 Å². The first-order valence-electron chi connectivity index (χ1n) is 10.9. The van der Waals surface area contributed by atoms with E-state index in [9.17, 15) is 18.0 Å². The number of urea groups is 1. The van der Waals surface area contributed by atoms with Crippen LogP contribution in [0.25, 0.3) is 11.1 Å². The third kappa shape index (κ3) is 6.05. The highest BCUT2D eigenvalue weighted by molar-refractivity contribution is 7.92. The summed E-state index contributed by atoms with van der Waals surface area (Å²) in [5, 5.41) is 5.42. The second kappa shape index (κ2) is 10.7. The minimum atomic E-state index is -3.97. The maximum absolute atomic E-state index is 13.2. The smallest absolute Gasteiger partial charge is 0.319 e. The third-order valence-electron chi connectivity index (χ3n) is 5.21. The van der Waals surface area contributed by atoms with Crippen molar-refractivity contribution >= 4 is 33.3 Å². The Kier molecular flexibility index (Phi) is 7.26. The van der Waals surface area contributed by atoms with Gasteiger partial charge in [-0.2, -0.15) is 0 Å². The molecule has 0 bridgehead atoms. The molecule has 0 fully saturated rings. The Morgan fingerprint density at radius 3 is 2.33 bits per heavy atom. The first-order valence-corrected chi connectivity index (χ1v) is 12.4. The van der Waals surface area contributed by atoms with Gasteiger partial charge in [-0.15, -0.1) is 0 Å². The number of amides is 3. The minimum Gasteiger partial charge on any atom is -0.366 e. The van der Waals surface area contributed by atoms with Crippen molar-refractivity contribution in [3.05, 3.63) is 108 Å². The first kappa shape index (κ1) is 24.4. The molecular formula is C26H23N5O4S. The minimum absolute atomic E-state index is 0.0450. The highest BCUT2D eigenvalue weighted by atomic mass is 32.2. The fourth-order valence-corrected chi connectivity index (χ4v) is 4.76. The Bertz CT molecular complexity index is 1490. The number of hydrogen-bond acceptors (Lipinski definition) is 5. The van der Waals surface area contributed by atoms with Crippen LogP contribution in [-0.2, 0) is 16.6 Å². The molecule has 0 radical (unpaired) electrons. The second-order valence-corrected chi connectivity index (χ2v) is 9.44. The van der Waals surface area contributed by atoms with Gasteiger partial charge in [0.1, 0.15) is 0 Å². The molecule has 3 amide bonds. The van der Waals surface area contributed by atoms with Gasteiger partial charge in [0.05, 0.1) is 4.90 Å². The van der Waals surface area contributed by atoms with Crippen molar-refractivity contribution < 1.29 is 18.0 Å². The van der Waals surface area contributed by atoms with Crippen LogP contribution in [0.4, 0.5) is 16.2 Å². The maximum Gasteiger partial charge on any atom is 0.319 e. The number of nitrogens with one attached hydrogen (secondary N) is 3. The molecule has 1 aromatic heterocycles. The lowest BCUT2D eigenvalue weighted by molar-refractivity contribution is 0.1000. The van der Waals surface area contributed by atoms with Crippen LogP contribution in [0.1, 0.15) is 15.9 Å². The average molecular weight is 502 g/mol. The van der Waals surface area contributed by atoms with E-state index < -0.39 is 22.0 Å². The van der Waals surface area contributed by atoms with Gasteiger partial charge in [-0.1, -0.05) is 36.4 Å². The van der Waals surface area contributed by atoms with Gasteiger partial charge in [-0.3, -0.25) is 14.5 Å². The zero-order valence-corrected chi connectivity index (χ0v) is 19.8. The summed E-state index contributed by atoms with van der Waals surface area (Å²) in [7, 11) is -3.97. The fraction of sp³-hybridized carbons (Fsp3) is 0.0385. The fourth-order valence-electron chi connectivity index (χ4n) is 3.47. The molecule has 0 unspecified atom stereocenters. The monoisotopic (exact) mass is 501 g/mol. The van der Waals surface area contributed by atoms with E-state index in [1.807, 2.05) is 6.07 Å². The number of anilines is 2. The molecule has 0 saturated carbocycles. The van der Waals surface area contributed by atoms with E-state index in [1.165, 1.54) is 6.07 Å². The molecule has 1 heterocycles. The molecule has 0 aliphatic rings. The number of nitrogens with zero attached hydrogens (tertiary/aromatic N) is 1.